The molecule has 0 bridgehead atoms. The van der Waals surface area contributed by atoms with Crippen LogP contribution in [-0.4, -0.2) is 25.4 Å². The van der Waals surface area contributed by atoms with E-state index in [4.69, 9.17) is 21.4 Å². The van der Waals surface area contributed by atoms with Crippen molar-refractivity contribution in [3.8, 4) is 5.81 Å². The highest BCUT2D eigenvalue weighted by Crippen LogP contribution is 2.46. The van der Waals surface area contributed by atoms with E-state index in [0.717, 1.165) is 5.02 Å². The topological polar surface area (TPSA) is 53.3 Å². The van der Waals surface area contributed by atoms with Crippen LogP contribution in [-0.2, 0) is 9.09 Å². The quantitative estimate of drug-likeness (QED) is 0.790. The second kappa shape index (κ2) is 8.27. The molecule has 4 nitrogen and oxygen atoms in total. The first kappa shape index (κ1) is 16.1. The Hall–Kier alpha value is -0.850. The van der Waals surface area contributed by atoms with Crippen LogP contribution in [0, 0.1) is 11.1 Å². The van der Waals surface area contributed by atoms with E-state index in [0.29, 0.717) is 6.61 Å². The van der Waals surface area contributed by atoms with Crippen molar-refractivity contribution >= 4 is 19.1 Å². The zero-order valence-corrected chi connectivity index (χ0v) is 11.8. The van der Waals surface area contributed by atoms with E-state index in [1.54, 1.807) is 26.8 Å². The summed E-state index contributed by atoms with van der Waals surface area (Å²) >= 11 is 5.54. The van der Waals surface area contributed by atoms with Gasteiger partial charge >= 0.3 is 7.52 Å². The van der Waals surface area contributed by atoms with E-state index >= 15 is 0 Å². The van der Waals surface area contributed by atoms with Gasteiger partial charge in [-0.15, -0.1) is 0 Å². The van der Waals surface area contributed by atoms with E-state index in [2.05, 4.69) is 0 Å². The van der Waals surface area contributed by atoms with Crippen molar-refractivity contribution in [3.05, 3.63) is 35.4 Å². The minimum atomic E-state index is -3.13. The van der Waals surface area contributed by atoms with Gasteiger partial charge < -0.3 is 4.52 Å². The number of halogens is 1. The van der Waals surface area contributed by atoms with Crippen molar-refractivity contribution < 1.29 is 9.09 Å². The highest BCUT2D eigenvalue weighted by Gasteiger charge is 2.24. The van der Waals surface area contributed by atoms with Crippen molar-refractivity contribution in [2.45, 2.75) is 6.92 Å². The van der Waals surface area contributed by atoms with E-state index in [9.17, 15) is 4.57 Å². The predicted octanol–water partition coefficient (Wildman–Crippen LogP) is 3.60. The Morgan fingerprint density at radius 2 is 1.94 bits per heavy atom. The Bertz CT molecular complexity index is 404. The number of hydrogen-bond donors (Lipinski definition) is 0. The normalized spacial score (nSPS) is 13.2. The fourth-order valence-corrected chi connectivity index (χ4v) is 1.79. The Morgan fingerprint density at radius 1 is 1.41 bits per heavy atom. The second-order valence-corrected chi connectivity index (χ2v) is 5.92. The van der Waals surface area contributed by atoms with Crippen molar-refractivity contribution in [1.29, 1.82) is 5.26 Å². The highest BCUT2D eigenvalue weighted by molar-refractivity contribution is 7.61. The Balaban J connectivity index is 0.000000318. The summed E-state index contributed by atoms with van der Waals surface area (Å²) in [7, 11) is -0.0229. The van der Waals surface area contributed by atoms with Gasteiger partial charge in [0, 0.05) is 5.02 Å². The van der Waals surface area contributed by atoms with Crippen LogP contribution < -0.4 is 0 Å². The molecule has 0 amide bonds. The molecule has 0 fully saturated rings. The molecule has 0 aliphatic heterocycles. The first-order valence-corrected chi connectivity index (χ1v) is 6.96. The maximum atomic E-state index is 11.2. The molecule has 94 valence electrons. The van der Waals surface area contributed by atoms with Gasteiger partial charge in [-0.3, -0.25) is 4.57 Å². The number of benzene rings is 1. The average Bonchev–Trinajstić information content (AvgIpc) is 2.31. The summed E-state index contributed by atoms with van der Waals surface area (Å²) in [5.74, 6) is 1.64. The average molecular weight is 275 g/mol. The van der Waals surface area contributed by atoms with Gasteiger partial charge in [0.1, 0.15) is 0 Å². The Kier molecular flexibility index (Phi) is 7.86. The molecule has 0 radical (unpaired) electrons. The molecule has 0 aliphatic carbocycles. The SMILES string of the molecule is CCOP(=O)(C#N)N(C)C.Clc1ccccc1. The minimum absolute atomic E-state index is 0.295. The third kappa shape index (κ3) is 6.45. The van der Waals surface area contributed by atoms with E-state index in [-0.39, 0.29) is 0 Å². The van der Waals surface area contributed by atoms with Gasteiger partial charge in [-0.05, 0) is 33.2 Å². The molecule has 17 heavy (non-hydrogen) atoms. The summed E-state index contributed by atoms with van der Waals surface area (Å²) in [5.41, 5.74) is 0. The summed E-state index contributed by atoms with van der Waals surface area (Å²) in [6.45, 7) is 2.00. The molecule has 1 aromatic rings. The lowest BCUT2D eigenvalue weighted by Crippen LogP contribution is -2.09. The van der Waals surface area contributed by atoms with Gasteiger partial charge in [-0.2, -0.15) is 5.26 Å². The molecule has 1 unspecified atom stereocenters. The van der Waals surface area contributed by atoms with Crippen LogP contribution in [0.15, 0.2) is 30.3 Å². The number of hydrogen-bond acceptors (Lipinski definition) is 3. The monoisotopic (exact) mass is 274 g/mol. The molecular formula is C11H16ClN2O2P. The Labute approximate surface area is 107 Å². The lowest BCUT2D eigenvalue weighted by atomic mass is 10.4. The van der Waals surface area contributed by atoms with E-state index < -0.39 is 7.52 Å². The summed E-state index contributed by atoms with van der Waals surface area (Å²) in [6.07, 6.45) is 0. The molecule has 1 atom stereocenters. The predicted molar refractivity (Wildman–Crippen MR) is 70.0 cm³/mol. The van der Waals surface area contributed by atoms with Crippen LogP contribution in [0.1, 0.15) is 6.92 Å². The van der Waals surface area contributed by atoms with Gasteiger partial charge in [0.05, 0.1) is 6.61 Å². The number of rotatable bonds is 3. The van der Waals surface area contributed by atoms with Crippen molar-refractivity contribution in [1.82, 2.24) is 4.67 Å². The molecule has 0 aromatic heterocycles. The van der Waals surface area contributed by atoms with Crippen molar-refractivity contribution in [2.75, 3.05) is 20.7 Å². The zero-order valence-electron chi connectivity index (χ0n) is 10.1. The molecule has 0 heterocycles. The first-order valence-electron chi connectivity index (χ1n) is 5.00. The Morgan fingerprint density at radius 3 is 2.12 bits per heavy atom. The smallest absolute Gasteiger partial charge is 0.307 e. The van der Waals surface area contributed by atoms with Gasteiger partial charge in [0.25, 0.3) is 0 Å². The van der Waals surface area contributed by atoms with Crippen molar-refractivity contribution in [3.63, 3.8) is 0 Å². The van der Waals surface area contributed by atoms with Gasteiger partial charge in [-0.25, -0.2) is 4.67 Å². The maximum Gasteiger partial charge on any atom is 0.370 e. The first-order chi connectivity index (χ1) is 7.96. The van der Waals surface area contributed by atoms with Crippen LogP contribution in [0.3, 0.4) is 0 Å². The summed E-state index contributed by atoms with van der Waals surface area (Å²) in [6, 6.07) is 9.44. The molecule has 0 N–H and O–H groups in total. The lowest BCUT2D eigenvalue weighted by Gasteiger charge is -2.15. The van der Waals surface area contributed by atoms with Gasteiger partial charge in [0.15, 0.2) is 5.81 Å². The number of nitrogens with zero attached hydrogens (tertiary/aromatic N) is 2. The molecule has 1 aromatic carbocycles. The molecule has 0 spiro atoms. The standard InChI is InChI=1S/C6H5Cl.C5H11N2O2P/c7-6-4-2-1-3-5-6;1-4-9-10(8,5-6)7(2)3/h1-5H;4H2,1-3H3. The minimum Gasteiger partial charge on any atom is -0.307 e. The third-order valence-electron chi connectivity index (χ3n) is 1.69. The van der Waals surface area contributed by atoms with E-state index in [1.165, 1.54) is 4.67 Å². The van der Waals surface area contributed by atoms with Crippen molar-refractivity contribution in [2.24, 2.45) is 0 Å². The molecular weight excluding hydrogens is 259 g/mol. The zero-order chi connectivity index (χ0) is 13.3. The number of nitriles is 1. The molecule has 6 heteroatoms. The fourth-order valence-electron chi connectivity index (χ4n) is 0.823. The largest absolute Gasteiger partial charge is 0.370 e. The summed E-state index contributed by atoms with van der Waals surface area (Å²) < 4.78 is 17.3. The highest BCUT2D eigenvalue weighted by atomic mass is 35.5. The van der Waals surface area contributed by atoms with Crippen LogP contribution >= 0.6 is 19.1 Å². The second-order valence-electron chi connectivity index (χ2n) is 3.18. The van der Waals surface area contributed by atoms with Gasteiger partial charge in [0.2, 0.25) is 0 Å². The maximum absolute atomic E-state index is 11.2. The third-order valence-corrected chi connectivity index (χ3v) is 3.86. The summed E-state index contributed by atoms with van der Waals surface area (Å²) in [5, 5.41) is 9.20. The van der Waals surface area contributed by atoms with E-state index in [1.807, 2.05) is 30.3 Å². The fraction of sp³-hybridized carbons (Fsp3) is 0.364. The van der Waals surface area contributed by atoms with Gasteiger partial charge in [-0.1, -0.05) is 29.8 Å². The summed E-state index contributed by atoms with van der Waals surface area (Å²) in [4.78, 5) is 0. The van der Waals surface area contributed by atoms with Crippen LogP contribution in [0.25, 0.3) is 0 Å². The van der Waals surface area contributed by atoms with Crippen LogP contribution in [0.5, 0.6) is 0 Å². The lowest BCUT2D eigenvalue weighted by molar-refractivity contribution is 0.307. The van der Waals surface area contributed by atoms with Crippen LogP contribution in [0.4, 0.5) is 0 Å². The molecule has 0 saturated carbocycles. The molecule has 0 saturated heterocycles. The molecule has 0 aliphatic rings. The van der Waals surface area contributed by atoms with Crippen LogP contribution in [0.2, 0.25) is 5.02 Å². The molecule has 1 rings (SSSR count).